The van der Waals surface area contributed by atoms with Crippen LogP contribution in [0.15, 0.2) is 29.2 Å². The Labute approximate surface area is 116 Å². The Morgan fingerprint density at radius 1 is 1.32 bits per heavy atom. The summed E-state index contributed by atoms with van der Waals surface area (Å²) < 4.78 is 28.8. The average Bonchev–Trinajstić information content (AvgIpc) is 2.73. The van der Waals surface area contributed by atoms with E-state index in [1.54, 1.807) is 0 Å². The van der Waals surface area contributed by atoms with E-state index in [9.17, 15) is 8.42 Å². The zero-order chi connectivity index (χ0) is 13.5. The molecule has 1 heterocycles. The Hall–Kier alpha value is -0.950. The second-order valence-corrected chi connectivity index (χ2v) is 7.59. The van der Waals surface area contributed by atoms with Crippen molar-refractivity contribution in [1.82, 2.24) is 4.72 Å². The molecule has 0 amide bonds. The molecule has 4 nitrogen and oxygen atoms in total. The molecule has 1 aromatic heterocycles. The number of thiophene rings is 1. The normalized spacial score (nSPS) is 16.7. The summed E-state index contributed by atoms with van der Waals surface area (Å²) in [6, 6.07) is 7.64. The van der Waals surface area contributed by atoms with Gasteiger partial charge in [0.25, 0.3) is 0 Å². The second-order valence-electron chi connectivity index (χ2n) is 4.80. The first-order chi connectivity index (χ1) is 9.12. The minimum absolute atomic E-state index is 0.0919. The molecule has 0 aliphatic heterocycles. The molecule has 3 N–H and O–H groups in total. The Balaban J connectivity index is 2.11. The molecule has 1 aromatic carbocycles. The molecular weight excluding hydrogens is 280 g/mol. The van der Waals surface area contributed by atoms with Gasteiger partial charge in [0.2, 0.25) is 10.0 Å². The van der Waals surface area contributed by atoms with Crippen molar-refractivity contribution < 1.29 is 8.42 Å². The summed E-state index contributed by atoms with van der Waals surface area (Å²) >= 11 is 1.46. The predicted octanol–water partition coefficient (Wildman–Crippen LogP) is 2.19. The molecule has 0 bridgehead atoms. The summed E-state index contributed by atoms with van der Waals surface area (Å²) in [5, 5.41) is 0.778. The van der Waals surface area contributed by atoms with Crippen molar-refractivity contribution in [2.45, 2.75) is 36.7 Å². The molecule has 19 heavy (non-hydrogen) atoms. The van der Waals surface area contributed by atoms with E-state index in [0.29, 0.717) is 4.90 Å². The van der Waals surface area contributed by atoms with Gasteiger partial charge in [0.1, 0.15) is 4.90 Å². The summed E-state index contributed by atoms with van der Waals surface area (Å²) in [5.41, 5.74) is 5.71. The number of hydrogen-bond donors (Lipinski definition) is 2. The summed E-state index contributed by atoms with van der Waals surface area (Å²) in [6.07, 6.45) is 2.96. The van der Waals surface area contributed by atoms with Crippen LogP contribution in [0.3, 0.4) is 0 Å². The van der Waals surface area contributed by atoms with Gasteiger partial charge in [0.15, 0.2) is 0 Å². The van der Waals surface area contributed by atoms with Crippen LogP contribution in [0.1, 0.15) is 24.1 Å². The molecule has 1 aliphatic rings. The van der Waals surface area contributed by atoms with Gasteiger partial charge < -0.3 is 5.73 Å². The van der Waals surface area contributed by atoms with Gasteiger partial charge in [0.05, 0.1) is 0 Å². The van der Waals surface area contributed by atoms with E-state index in [4.69, 9.17) is 5.73 Å². The van der Waals surface area contributed by atoms with Gasteiger partial charge in [-0.3, -0.25) is 0 Å². The van der Waals surface area contributed by atoms with E-state index < -0.39 is 10.0 Å². The fraction of sp³-hybridized carbons (Fsp3) is 0.385. The minimum Gasteiger partial charge on any atom is -0.326 e. The molecule has 102 valence electrons. The molecule has 2 aromatic rings. The van der Waals surface area contributed by atoms with Crippen molar-refractivity contribution in [3.8, 4) is 0 Å². The fourth-order valence-electron chi connectivity index (χ4n) is 2.31. The molecule has 0 atom stereocenters. The lowest BCUT2D eigenvalue weighted by Gasteiger charge is -2.26. The van der Waals surface area contributed by atoms with Gasteiger partial charge in [-0.2, -0.15) is 0 Å². The first-order valence-electron chi connectivity index (χ1n) is 6.34. The van der Waals surface area contributed by atoms with E-state index in [2.05, 4.69) is 4.72 Å². The Morgan fingerprint density at radius 3 is 2.68 bits per heavy atom. The average molecular weight is 296 g/mol. The molecule has 6 heteroatoms. The van der Waals surface area contributed by atoms with Crippen LogP contribution in [0.2, 0.25) is 0 Å². The SMILES string of the molecule is NCc1sc2ccccc2c1S(=O)(=O)NC1CCC1. The maximum atomic E-state index is 12.5. The van der Waals surface area contributed by atoms with E-state index >= 15 is 0 Å². The predicted molar refractivity (Wildman–Crippen MR) is 77.7 cm³/mol. The van der Waals surface area contributed by atoms with Crippen LogP contribution in [-0.4, -0.2) is 14.5 Å². The number of benzene rings is 1. The lowest BCUT2D eigenvalue weighted by Crippen LogP contribution is -2.39. The third kappa shape index (κ3) is 2.29. The lowest BCUT2D eigenvalue weighted by atomic mass is 9.94. The summed E-state index contributed by atoms with van der Waals surface area (Å²) in [4.78, 5) is 1.11. The van der Waals surface area contributed by atoms with Crippen molar-refractivity contribution >= 4 is 31.4 Å². The lowest BCUT2D eigenvalue weighted by molar-refractivity contribution is 0.383. The standard InChI is InChI=1S/C13H16N2O2S2/c14-8-12-13(10-6-1-2-7-11(10)18-12)19(16,17)15-9-4-3-5-9/h1-2,6-7,9,15H,3-5,8,14H2. The van der Waals surface area contributed by atoms with Gasteiger partial charge >= 0.3 is 0 Å². The van der Waals surface area contributed by atoms with E-state index in [0.717, 1.165) is 34.2 Å². The molecular formula is C13H16N2O2S2. The maximum Gasteiger partial charge on any atom is 0.242 e. The van der Waals surface area contributed by atoms with E-state index in [-0.39, 0.29) is 12.6 Å². The van der Waals surface area contributed by atoms with Crippen LogP contribution in [0.4, 0.5) is 0 Å². The number of nitrogens with one attached hydrogen (secondary N) is 1. The van der Waals surface area contributed by atoms with E-state index in [1.807, 2.05) is 24.3 Å². The Bertz CT molecular complexity index is 703. The van der Waals surface area contributed by atoms with Gasteiger partial charge in [-0.05, 0) is 18.9 Å². The highest BCUT2D eigenvalue weighted by Gasteiger charge is 2.28. The van der Waals surface area contributed by atoms with Crippen molar-refractivity contribution in [3.63, 3.8) is 0 Å². The summed E-state index contributed by atoms with van der Waals surface area (Å²) in [7, 11) is -3.47. The topological polar surface area (TPSA) is 72.2 Å². The number of sulfonamides is 1. The quantitative estimate of drug-likeness (QED) is 0.908. The summed E-state index contributed by atoms with van der Waals surface area (Å²) in [5.74, 6) is 0. The highest BCUT2D eigenvalue weighted by atomic mass is 32.2. The maximum absolute atomic E-state index is 12.5. The van der Waals surface area contributed by atoms with Crippen LogP contribution in [0.25, 0.3) is 10.1 Å². The number of rotatable bonds is 4. The molecule has 1 fully saturated rings. The van der Waals surface area contributed by atoms with Crippen LogP contribution < -0.4 is 10.5 Å². The second kappa shape index (κ2) is 4.86. The van der Waals surface area contributed by atoms with Crippen LogP contribution in [0.5, 0.6) is 0 Å². The van der Waals surface area contributed by atoms with Gasteiger partial charge in [-0.1, -0.05) is 24.6 Å². The van der Waals surface area contributed by atoms with Crippen molar-refractivity contribution in [2.24, 2.45) is 5.73 Å². The van der Waals surface area contributed by atoms with Gasteiger partial charge in [0, 0.05) is 27.5 Å². The number of hydrogen-bond acceptors (Lipinski definition) is 4. The zero-order valence-electron chi connectivity index (χ0n) is 10.4. The van der Waals surface area contributed by atoms with Crippen LogP contribution in [0, 0.1) is 0 Å². The van der Waals surface area contributed by atoms with Crippen molar-refractivity contribution in [2.75, 3.05) is 0 Å². The largest absolute Gasteiger partial charge is 0.326 e. The number of fused-ring (bicyclic) bond motifs is 1. The third-order valence-electron chi connectivity index (χ3n) is 3.50. The molecule has 0 unspecified atom stereocenters. The van der Waals surface area contributed by atoms with Crippen LogP contribution >= 0.6 is 11.3 Å². The molecule has 1 saturated carbocycles. The highest BCUT2D eigenvalue weighted by Crippen LogP contribution is 2.35. The van der Waals surface area contributed by atoms with Crippen molar-refractivity contribution in [3.05, 3.63) is 29.1 Å². The van der Waals surface area contributed by atoms with Gasteiger partial charge in [-0.25, -0.2) is 13.1 Å². The smallest absolute Gasteiger partial charge is 0.242 e. The monoisotopic (exact) mass is 296 g/mol. The van der Waals surface area contributed by atoms with E-state index in [1.165, 1.54) is 11.3 Å². The first-order valence-corrected chi connectivity index (χ1v) is 8.64. The Kier molecular flexibility index (Phi) is 3.34. The number of nitrogens with two attached hydrogens (primary N) is 1. The molecule has 0 spiro atoms. The van der Waals surface area contributed by atoms with Crippen LogP contribution in [-0.2, 0) is 16.6 Å². The Morgan fingerprint density at radius 2 is 2.05 bits per heavy atom. The molecule has 0 radical (unpaired) electrons. The molecule has 1 aliphatic carbocycles. The van der Waals surface area contributed by atoms with Crippen molar-refractivity contribution in [1.29, 1.82) is 0 Å². The summed E-state index contributed by atoms with van der Waals surface area (Å²) in [6.45, 7) is 0.250. The highest BCUT2D eigenvalue weighted by molar-refractivity contribution is 7.90. The third-order valence-corrected chi connectivity index (χ3v) is 6.47. The molecule has 0 saturated heterocycles. The minimum atomic E-state index is -3.47. The zero-order valence-corrected chi connectivity index (χ0v) is 12.1. The molecule has 3 rings (SSSR count). The first kappa shape index (κ1) is 13.1. The fourth-order valence-corrected chi connectivity index (χ4v) is 5.45. The van der Waals surface area contributed by atoms with Gasteiger partial charge in [-0.15, -0.1) is 11.3 Å².